The molecule has 0 bridgehead atoms. The van der Waals surface area contributed by atoms with E-state index in [1.54, 1.807) is 19.1 Å². The number of hydrogen-bond acceptors (Lipinski definition) is 5. The van der Waals surface area contributed by atoms with Crippen molar-refractivity contribution in [1.82, 2.24) is 10.2 Å². The van der Waals surface area contributed by atoms with Crippen LogP contribution in [0.2, 0.25) is 0 Å². The lowest BCUT2D eigenvalue weighted by molar-refractivity contribution is -0.143. The topological polar surface area (TPSA) is 65.2 Å². The van der Waals surface area contributed by atoms with Crippen LogP contribution in [0, 0.1) is 0 Å². The molecule has 8 heteroatoms. The molecule has 1 atom stereocenters. The maximum absolute atomic E-state index is 12.5. The van der Waals surface area contributed by atoms with Gasteiger partial charge in [0, 0.05) is 11.6 Å². The molecule has 28 heavy (non-hydrogen) atoms. The number of nitrogens with zero attached hydrogens (tertiary/aromatic N) is 2. The number of carbonyl (C=O) groups excluding carboxylic acids is 1. The number of hydrogen-bond donors (Lipinski definition) is 0. The van der Waals surface area contributed by atoms with E-state index in [1.165, 1.54) is 18.2 Å². The van der Waals surface area contributed by atoms with Gasteiger partial charge in [0.15, 0.2) is 6.10 Å². The van der Waals surface area contributed by atoms with Gasteiger partial charge in [-0.05, 0) is 42.8 Å². The Morgan fingerprint density at radius 3 is 2.39 bits per heavy atom. The van der Waals surface area contributed by atoms with Crippen molar-refractivity contribution in [1.29, 1.82) is 0 Å². The van der Waals surface area contributed by atoms with Gasteiger partial charge in [-0.25, -0.2) is 4.79 Å². The van der Waals surface area contributed by atoms with Gasteiger partial charge in [0.05, 0.1) is 5.56 Å². The lowest BCUT2D eigenvalue weighted by Gasteiger charge is -2.07. The van der Waals surface area contributed by atoms with Gasteiger partial charge < -0.3 is 9.15 Å². The molecule has 0 saturated carbocycles. The second-order valence-corrected chi connectivity index (χ2v) is 5.84. The first-order chi connectivity index (χ1) is 13.3. The van der Waals surface area contributed by atoms with Crippen LogP contribution in [-0.4, -0.2) is 16.2 Å². The number of esters is 1. The van der Waals surface area contributed by atoms with Crippen molar-refractivity contribution in [3.63, 3.8) is 0 Å². The van der Waals surface area contributed by atoms with Gasteiger partial charge in [-0.3, -0.25) is 0 Å². The van der Waals surface area contributed by atoms with Crippen molar-refractivity contribution in [3.05, 3.63) is 77.7 Å². The Morgan fingerprint density at radius 1 is 1.07 bits per heavy atom. The van der Waals surface area contributed by atoms with Crippen LogP contribution in [-0.2, 0) is 15.7 Å². The van der Waals surface area contributed by atoms with Gasteiger partial charge in [-0.1, -0.05) is 30.3 Å². The quantitative estimate of drug-likeness (QED) is 0.451. The van der Waals surface area contributed by atoms with Gasteiger partial charge in [-0.15, -0.1) is 10.2 Å². The lowest BCUT2D eigenvalue weighted by atomic mass is 10.1. The molecule has 0 aliphatic heterocycles. The highest BCUT2D eigenvalue weighted by atomic mass is 19.4. The first-order valence-electron chi connectivity index (χ1n) is 8.28. The Hall–Kier alpha value is -3.42. The van der Waals surface area contributed by atoms with Gasteiger partial charge in [0.2, 0.25) is 5.89 Å². The van der Waals surface area contributed by atoms with Crippen LogP contribution in [0.25, 0.3) is 17.5 Å². The van der Waals surface area contributed by atoms with E-state index in [0.717, 1.165) is 23.8 Å². The minimum Gasteiger partial charge on any atom is -0.449 e. The average molecular weight is 388 g/mol. The standard InChI is InChI=1S/C20H15F3N2O3/c1-13(18-24-25-19(28-18)15-5-3-2-4-6-15)27-17(26)12-9-14-7-10-16(11-8-14)20(21,22)23/h2-13H,1H3/b12-9+/t13-/m1/s1. The van der Waals surface area contributed by atoms with E-state index in [4.69, 9.17) is 9.15 Å². The van der Waals surface area contributed by atoms with Gasteiger partial charge in [-0.2, -0.15) is 13.2 Å². The zero-order valence-electron chi connectivity index (χ0n) is 14.7. The van der Waals surface area contributed by atoms with Crippen molar-refractivity contribution in [3.8, 4) is 11.5 Å². The Kier molecular flexibility index (Phi) is 5.58. The second kappa shape index (κ2) is 8.08. The third-order valence-corrected chi connectivity index (χ3v) is 3.75. The first kappa shape index (κ1) is 19.3. The second-order valence-electron chi connectivity index (χ2n) is 5.84. The maximum Gasteiger partial charge on any atom is 0.416 e. The molecule has 1 heterocycles. The van der Waals surface area contributed by atoms with Crippen LogP contribution < -0.4 is 0 Å². The molecule has 3 rings (SSSR count). The average Bonchev–Trinajstić information content (AvgIpc) is 3.17. The van der Waals surface area contributed by atoms with Crippen molar-refractivity contribution in [2.45, 2.75) is 19.2 Å². The third kappa shape index (κ3) is 4.85. The summed E-state index contributed by atoms with van der Waals surface area (Å²) in [6.07, 6.45) is -2.71. The number of benzene rings is 2. The molecule has 0 aliphatic rings. The Bertz CT molecular complexity index is 964. The third-order valence-electron chi connectivity index (χ3n) is 3.75. The SMILES string of the molecule is C[C@@H](OC(=O)/C=C/c1ccc(C(F)(F)F)cc1)c1nnc(-c2ccccc2)o1. The molecule has 0 radical (unpaired) electrons. The molecule has 0 saturated heterocycles. The molecule has 3 aromatic rings. The zero-order chi connectivity index (χ0) is 20.1. The summed E-state index contributed by atoms with van der Waals surface area (Å²) in [5.74, 6) is -0.249. The normalized spacial score (nSPS) is 12.9. The lowest BCUT2D eigenvalue weighted by Crippen LogP contribution is -2.06. The molecule has 0 N–H and O–H groups in total. The number of halogens is 3. The van der Waals surface area contributed by atoms with E-state index in [1.807, 2.05) is 18.2 Å². The van der Waals surface area contributed by atoms with E-state index >= 15 is 0 Å². The summed E-state index contributed by atoms with van der Waals surface area (Å²) in [5.41, 5.74) is 0.412. The number of alkyl halides is 3. The summed E-state index contributed by atoms with van der Waals surface area (Å²) < 4.78 is 48.3. The molecule has 5 nitrogen and oxygen atoms in total. The van der Waals surface area contributed by atoms with E-state index in [9.17, 15) is 18.0 Å². The predicted molar refractivity (Wildman–Crippen MR) is 94.7 cm³/mol. The van der Waals surface area contributed by atoms with Gasteiger partial charge >= 0.3 is 12.1 Å². The van der Waals surface area contributed by atoms with Crippen LogP contribution in [0.4, 0.5) is 13.2 Å². The highest BCUT2D eigenvalue weighted by Gasteiger charge is 2.29. The molecule has 1 aromatic heterocycles. The maximum atomic E-state index is 12.5. The molecule has 0 amide bonds. The van der Waals surface area contributed by atoms with E-state index in [0.29, 0.717) is 11.5 Å². The molecular formula is C20H15F3N2O3. The van der Waals surface area contributed by atoms with Gasteiger partial charge in [0.25, 0.3) is 5.89 Å². The molecule has 144 valence electrons. The Morgan fingerprint density at radius 2 is 1.75 bits per heavy atom. The largest absolute Gasteiger partial charge is 0.449 e. The molecule has 2 aromatic carbocycles. The van der Waals surface area contributed by atoms with Crippen LogP contribution in [0.1, 0.15) is 30.0 Å². The summed E-state index contributed by atoms with van der Waals surface area (Å²) in [6, 6.07) is 13.5. The molecule has 0 aliphatic carbocycles. The van der Waals surface area contributed by atoms with Crippen molar-refractivity contribution in [2.24, 2.45) is 0 Å². The monoisotopic (exact) mass is 388 g/mol. The molecule has 0 spiro atoms. The summed E-state index contributed by atoms with van der Waals surface area (Å²) in [5, 5.41) is 7.79. The van der Waals surface area contributed by atoms with Crippen LogP contribution in [0.15, 0.2) is 65.1 Å². The zero-order valence-corrected chi connectivity index (χ0v) is 14.7. The minimum absolute atomic E-state index is 0.134. The highest BCUT2D eigenvalue weighted by molar-refractivity contribution is 5.87. The number of ether oxygens (including phenoxy) is 1. The summed E-state index contributed by atoms with van der Waals surface area (Å²) in [7, 11) is 0. The van der Waals surface area contributed by atoms with Gasteiger partial charge in [0.1, 0.15) is 0 Å². The van der Waals surface area contributed by atoms with E-state index < -0.39 is 23.8 Å². The molecular weight excluding hydrogens is 373 g/mol. The Balaban J connectivity index is 1.60. The Labute approximate surface area is 158 Å². The number of rotatable bonds is 5. The fourth-order valence-corrected chi connectivity index (χ4v) is 2.31. The smallest absolute Gasteiger partial charge is 0.416 e. The van der Waals surface area contributed by atoms with Crippen LogP contribution >= 0.6 is 0 Å². The van der Waals surface area contributed by atoms with Crippen LogP contribution in [0.3, 0.4) is 0 Å². The summed E-state index contributed by atoms with van der Waals surface area (Å²) in [6.45, 7) is 1.58. The summed E-state index contributed by atoms with van der Waals surface area (Å²) in [4.78, 5) is 11.9. The predicted octanol–water partition coefficient (Wildman–Crippen LogP) is 5.07. The summed E-state index contributed by atoms with van der Waals surface area (Å²) >= 11 is 0. The van der Waals surface area contributed by atoms with E-state index in [-0.39, 0.29) is 5.89 Å². The van der Waals surface area contributed by atoms with Crippen LogP contribution in [0.5, 0.6) is 0 Å². The van der Waals surface area contributed by atoms with E-state index in [2.05, 4.69) is 10.2 Å². The number of aromatic nitrogens is 2. The first-order valence-corrected chi connectivity index (χ1v) is 8.28. The van der Waals surface area contributed by atoms with Crippen molar-refractivity contribution >= 4 is 12.0 Å². The number of carbonyl (C=O) groups is 1. The highest BCUT2D eigenvalue weighted by Crippen LogP contribution is 2.29. The fourth-order valence-electron chi connectivity index (χ4n) is 2.31. The van der Waals surface area contributed by atoms with Crippen molar-refractivity contribution in [2.75, 3.05) is 0 Å². The fraction of sp³-hybridized carbons (Fsp3) is 0.150. The molecule has 0 fully saturated rings. The minimum atomic E-state index is -4.40. The van der Waals surface area contributed by atoms with Crippen molar-refractivity contribution < 1.29 is 27.1 Å². The molecule has 0 unspecified atom stereocenters.